The van der Waals surface area contributed by atoms with Gasteiger partial charge in [0.25, 0.3) is 0 Å². The topological polar surface area (TPSA) is 40.5 Å². The third-order valence-corrected chi connectivity index (χ3v) is 4.61. The SMILES string of the molecule is CC(c1ccc(Cl)cc1Cl)N1CCC(CCC(=O)O)C1. The molecule has 1 aromatic rings. The van der Waals surface area contributed by atoms with Crippen molar-refractivity contribution < 1.29 is 9.90 Å². The van der Waals surface area contributed by atoms with Crippen LogP contribution in [0.3, 0.4) is 0 Å². The average molecular weight is 316 g/mol. The van der Waals surface area contributed by atoms with E-state index >= 15 is 0 Å². The van der Waals surface area contributed by atoms with E-state index in [1.807, 2.05) is 12.1 Å². The number of aliphatic carboxylic acids is 1. The smallest absolute Gasteiger partial charge is 0.303 e. The zero-order chi connectivity index (χ0) is 14.7. The minimum atomic E-state index is -0.711. The zero-order valence-corrected chi connectivity index (χ0v) is 13.0. The van der Waals surface area contributed by atoms with Gasteiger partial charge >= 0.3 is 5.97 Å². The van der Waals surface area contributed by atoms with E-state index < -0.39 is 5.97 Å². The predicted octanol–water partition coefficient (Wildman–Crippen LogP) is 4.24. The van der Waals surface area contributed by atoms with Crippen molar-refractivity contribution in [3.63, 3.8) is 0 Å². The van der Waals surface area contributed by atoms with Crippen molar-refractivity contribution in [2.45, 2.75) is 32.2 Å². The van der Waals surface area contributed by atoms with Crippen LogP contribution in [0.4, 0.5) is 0 Å². The number of nitrogens with zero attached hydrogens (tertiary/aromatic N) is 1. The van der Waals surface area contributed by atoms with Gasteiger partial charge in [-0.15, -0.1) is 0 Å². The van der Waals surface area contributed by atoms with Crippen LogP contribution in [0.1, 0.15) is 37.8 Å². The highest BCUT2D eigenvalue weighted by Crippen LogP contribution is 2.33. The van der Waals surface area contributed by atoms with Crippen molar-refractivity contribution in [2.24, 2.45) is 5.92 Å². The molecule has 0 bridgehead atoms. The number of halogens is 2. The number of carbonyl (C=O) groups is 1. The van der Waals surface area contributed by atoms with E-state index in [1.54, 1.807) is 6.07 Å². The molecule has 3 nitrogen and oxygen atoms in total. The van der Waals surface area contributed by atoms with Gasteiger partial charge in [-0.3, -0.25) is 9.69 Å². The van der Waals surface area contributed by atoms with Crippen molar-refractivity contribution in [1.29, 1.82) is 0 Å². The monoisotopic (exact) mass is 315 g/mol. The Balaban J connectivity index is 1.97. The van der Waals surface area contributed by atoms with Crippen LogP contribution >= 0.6 is 23.2 Å². The summed E-state index contributed by atoms with van der Waals surface area (Å²) in [4.78, 5) is 13.0. The molecule has 1 fully saturated rings. The lowest BCUT2D eigenvalue weighted by Gasteiger charge is -2.25. The first-order chi connectivity index (χ1) is 9.47. The van der Waals surface area contributed by atoms with Gasteiger partial charge in [-0.2, -0.15) is 0 Å². The lowest BCUT2D eigenvalue weighted by Crippen LogP contribution is -2.24. The minimum absolute atomic E-state index is 0.231. The molecule has 1 aromatic carbocycles. The van der Waals surface area contributed by atoms with Crippen LogP contribution in [-0.2, 0) is 4.79 Å². The largest absolute Gasteiger partial charge is 0.481 e. The van der Waals surface area contributed by atoms with E-state index in [4.69, 9.17) is 28.3 Å². The van der Waals surface area contributed by atoms with Crippen LogP contribution in [0.15, 0.2) is 18.2 Å². The highest BCUT2D eigenvalue weighted by atomic mass is 35.5. The molecule has 0 amide bonds. The van der Waals surface area contributed by atoms with Crippen molar-refractivity contribution in [3.05, 3.63) is 33.8 Å². The van der Waals surface area contributed by atoms with Gasteiger partial charge < -0.3 is 5.11 Å². The first kappa shape index (κ1) is 15.6. The molecule has 0 saturated carbocycles. The fraction of sp³-hybridized carbons (Fsp3) is 0.533. The Hall–Kier alpha value is -0.770. The molecule has 2 atom stereocenters. The number of benzene rings is 1. The Bertz CT molecular complexity index is 493. The first-order valence-electron chi connectivity index (χ1n) is 6.88. The average Bonchev–Trinajstić information content (AvgIpc) is 2.84. The molecule has 0 aromatic heterocycles. The summed E-state index contributed by atoms with van der Waals surface area (Å²) in [6.45, 7) is 4.06. The van der Waals surface area contributed by atoms with Crippen LogP contribution in [-0.4, -0.2) is 29.1 Å². The number of carboxylic acid groups (broad SMARTS) is 1. The molecule has 20 heavy (non-hydrogen) atoms. The molecule has 0 radical (unpaired) electrons. The molecule has 0 aliphatic carbocycles. The van der Waals surface area contributed by atoms with E-state index in [1.165, 1.54) is 0 Å². The van der Waals surface area contributed by atoms with Crippen LogP contribution in [0.2, 0.25) is 10.0 Å². The van der Waals surface area contributed by atoms with E-state index in [0.717, 1.165) is 31.5 Å². The zero-order valence-electron chi connectivity index (χ0n) is 11.5. The summed E-state index contributed by atoms with van der Waals surface area (Å²) in [5, 5.41) is 10.1. The molecule has 2 unspecified atom stereocenters. The van der Waals surface area contributed by atoms with Crippen molar-refractivity contribution in [1.82, 2.24) is 4.90 Å². The Labute approximate surface area is 129 Å². The van der Waals surface area contributed by atoms with E-state index in [9.17, 15) is 4.79 Å². The summed E-state index contributed by atoms with van der Waals surface area (Å²) in [5.41, 5.74) is 1.08. The molecule has 2 rings (SSSR count). The van der Waals surface area contributed by atoms with Gasteiger partial charge in [0.05, 0.1) is 0 Å². The Morgan fingerprint density at radius 3 is 2.90 bits per heavy atom. The predicted molar refractivity (Wildman–Crippen MR) is 81.4 cm³/mol. The van der Waals surface area contributed by atoms with Gasteiger partial charge in [-0.25, -0.2) is 0 Å². The molecule has 1 N–H and O–H groups in total. The summed E-state index contributed by atoms with van der Waals surface area (Å²) in [6.07, 6.45) is 2.07. The van der Waals surface area contributed by atoms with Crippen molar-refractivity contribution in [2.75, 3.05) is 13.1 Å². The van der Waals surface area contributed by atoms with Gasteiger partial charge in [-0.05, 0) is 49.9 Å². The first-order valence-corrected chi connectivity index (χ1v) is 7.63. The number of hydrogen-bond donors (Lipinski definition) is 1. The van der Waals surface area contributed by atoms with Gasteiger partial charge in [0.15, 0.2) is 0 Å². The lowest BCUT2D eigenvalue weighted by molar-refractivity contribution is -0.137. The molecular formula is C15H19Cl2NO2. The second kappa shape index (κ2) is 6.79. The Morgan fingerprint density at radius 1 is 1.50 bits per heavy atom. The van der Waals surface area contributed by atoms with Gasteiger partial charge in [-0.1, -0.05) is 29.3 Å². The van der Waals surface area contributed by atoms with E-state index in [2.05, 4.69) is 11.8 Å². The second-order valence-corrected chi connectivity index (χ2v) is 6.27. The number of carboxylic acids is 1. The van der Waals surface area contributed by atoms with Crippen LogP contribution in [0.25, 0.3) is 0 Å². The second-order valence-electron chi connectivity index (χ2n) is 5.42. The summed E-state index contributed by atoms with van der Waals surface area (Å²) >= 11 is 12.2. The Kier molecular flexibility index (Phi) is 5.30. The summed E-state index contributed by atoms with van der Waals surface area (Å²) in [6, 6.07) is 5.83. The van der Waals surface area contributed by atoms with Gasteiger partial charge in [0, 0.05) is 29.1 Å². The fourth-order valence-electron chi connectivity index (χ4n) is 2.81. The maximum atomic E-state index is 10.6. The van der Waals surface area contributed by atoms with Gasteiger partial charge in [0.1, 0.15) is 0 Å². The normalized spacial score (nSPS) is 21.1. The molecule has 5 heteroatoms. The fourth-order valence-corrected chi connectivity index (χ4v) is 3.38. The third-order valence-electron chi connectivity index (χ3n) is 4.04. The summed E-state index contributed by atoms with van der Waals surface area (Å²) < 4.78 is 0. The maximum absolute atomic E-state index is 10.6. The number of rotatable bonds is 5. The highest BCUT2D eigenvalue weighted by Gasteiger charge is 2.27. The molecular weight excluding hydrogens is 297 g/mol. The van der Waals surface area contributed by atoms with Crippen LogP contribution < -0.4 is 0 Å². The molecule has 1 heterocycles. The maximum Gasteiger partial charge on any atom is 0.303 e. The van der Waals surface area contributed by atoms with Crippen LogP contribution in [0, 0.1) is 5.92 Å². The third kappa shape index (κ3) is 3.87. The van der Waals surface area contributed by atoms with Crippen molar-refractivity contribution >= 4 is 29.2 Å². The van der Waals surface area contributed by atoms with Crippen LogP contribution in [0.5, 0.6) is 0 Å². The standard InChI is InChI=1S/C15H19Cl2NO2/c1-10(13-4-3-12(16)8-14(13)17)18-7-6-11(9-18)2-5-15(19)20/h3-4,8,10-11H,2,5-7,9H2,1H3,(H,19,20). The van der Waals surface area contributed by atoms with Crippen molar-refractivity contribution in [3.8, 4) is 0 Å². The number of hydrogen-bond acceptors (Lipinski definition) is 2. The summed E-state index contributed by atoms with van der Waals surface area (Å²) in [7, 11) is 0. The Morgan fingerprint density at radius 2 is 2.25 bits per heavy atom. The number of likely N-dealkylation sites (tertiary alicyclic amines) is 1. The molecule has 110 valence electrons. The molecule has 1 aliphatic heterocycles. The molecule has 0 spiro atoms. The summed E-state index contributed by atoms with van der Waals surface area (Å²) in [5.74, 6) is -0.239. The molecule has 1 aliphatic rings. The molecule has 1 saturated heterocycles. The lowest BCUT2D eigenvalue weighted by atomic mass is 10.0. The van der Waals surface area contributed by atoms with E-state index in [-0.39, 0.29) is 12.5 Å². The quantitative estimate of drug-likeness (QED) is 0.883. The minimum Gasteiger partial charge on any atom is -0.481 e. The highest BCUT2D eigenvalue weighted by molar-refractivity contribution is 6.35. The van der Waals surface area contributed by atoms with Gasteiger partial charge in [0.2, 0.25) is 0 Å². The van der Waals surface area contributed by atoms with E-state index in [0.29, 0.717) is 16.0 Å².